The summed E-state index contributed by atoms with van der Waals surface area (Å²) in [7, 11) is 0. The van der Waals surface area contributed by atoms with Gasteiger partial charge in [-0.25, -0.2) is 0 Å². The minimum Gasteiger partial charge on any atom is -0.492 e. The van der Waals surface area contributed by atoms with Crippen LogP contribution in [0.3, 0.4) is 0 Å². The number of hydrogen-bond acceptors (Lipinski definition) is 4. The Hall–Kier alpha value is -3.73. The van der Waals surface area contributed by atoms with Crippen molar-refractivity contribution in [1.82, 2.24) is 4.90 Å². The van der Waals surface area contributed by atoms with Gasteiger partial charge in [0.25, 0.3) is 5.91 Å². The number of hydrogen-bond donors (Lipinski definition) is 2. The average molecular weight is 428 g/mol. The third-order valence-corrected chi connectivity index (χ3v) is 5.88. The molecule has 0 bridgehead atoms. The number of nitrogen functional groups attached to an aromatic ring is 1. The number of rotatable bonds is 6. The molecule has 1 aliphatic rings. The molecule has 0 aromatic heterocycles. The molecule has 1 fully saturated rings. The van der Waals surface area contributed by atoms with Crippen LogP contribution in [0.5, 0.6) is 5.75 Å². The lowest BCUT2D eigenvalue weighted by Crippen LogP contribution is -2.41. The van der Waals surface area contributed by atoms with Crippen molar-refractivity contribution in [2.24, 2.45) is 11.7 Å². The van der Waals surface area contributed by atoms with E-state index < -0.39 is 0 Å². The van der Waals surface area contributed by atoms with Crippen molar-refractivity contribution in [3.8, 4) is 16.9 Å². The van der Waals surface area contributed by atoms with E-state index in [-0.39, 0.29) is 11.8 Å². The summed E-state index contributed by atoms with van der Waals surface area (Å²) in [5.41, 5.74) is 16.4. The van der Waals surface area contributed by atoms with Crippen LogP contribution in [-0.2, 0) is 0 Å². The van der Waals surface area contributed by atoms with Gasteiger partial charge in [-0.05, 0) is 48.2 Å². The molecular formula is C27H29N3O2. The Morgan fingerprint density at radius 1 is 1.03 bits per heavy atom. The highest BCUT2D eigenvalue weighted by Gasteiger charge is 2.25. The topological polar surface area (TPSA) is 81.6 Å². The second kappa shape index (κ2) is 9.60. The molecule has 32 heavy (non-hydrogen) atoms. The molecule has 164 valence electrons. The number of likely N-dealkylation sites (tertiary alicyclic amines) is 1. The fraction of sp³-hybridized carbons (Fsp3) is 0.222. The largest absolute Gasteiger partial charge is 0.492 e. The van der Waals surface area contributed by atoms with Gasteiger partial charge >= 0.3 is 0 Å². The standard InChI is InChI=1S/C27H29N3O2/c1-19(28)26-24(29)13-6-14-25(26)32-18-20-8-7-15-30(17-20)27(31)23-12-5-11-22(16-23)21-9-3-2-4-10-21/h2-6,9-14,16,20H,1,7-8,15,17-18,28-29H2/t20-/m0/s1. The smallest absolute Gasteiger partial charge is 0.253 e. The zero-order valence-electron chi connectivity index (χ0n) is 18.2. The predicted octanol–water partition coefficient (Wildman–Crippen LogP) is 4.80. The molecule has 0 unspecified atom stereocenters. The molecule has 0 saturated carbocycles. The summed E-state index contributed by atoms with van der Waals surface area (Å²) in [6.07, 6.45) is 1.96. The number of amides is 1. The van der Waals surface area contributed by atoms with E-state index in [4.69, 9.17) is 16.2 Å². The molecule has 0 spiro atoms. The molecule has 0 radical (unpaired) electrons. The molecule has 1 aliphatic heterocycles. The summed E-state index contributed by atoms with van der Waals surface area (Å²) in [5.74, 6) is 0.939. The third kappa shape index (κ3) is 4.78. The maximum absolute atomic E-state index is 13.2. The van der Waals surface area contributed by atoms with Gasteiger partial charge in [0, 0.05) is 36.0 Å². The van der Waals surface area contributed by atoms with Gasteiger partial charge in [-0.1, -0.05) is 55.1 Å². The Kier molecular flexibility index (Phi) is 6.45. The van der Waals surface area contributed by atoms with Gasteiger partial charge in [-0.15, -0.1) is 0 Å². The van der Waals surface area contributed by atoms with E-state index in [1.54, 1.807) is 6.07 Å². The predicted molar refractivity (Wildman–Crippen MR) is 130 cm³/mol. The first kappa shape index (κ1) is 21.5. The molecule has 4 rings (SSSR count). The minimum absolute atomic E-state index is 0.0625. The van der Waals surface area contributed by atoms with Crippen LogP contribution in [0.2, 0.25) is 0 Å². The van der Waals surface area contributed by atoms with Gasteiger partial charge in [0.05, 0.1) is 12.2 Å². The van der Waals surface area contributed by atoms with Crippen LogP contribution in [0.15, 0.2) is 79.4 Å². The second-order valence-corrected chi connectivity index (χ2v) is 8.26. The van der Waals surface area contributed by atoms with Crippen molar-refractivity contribution >= 4 is 17.3 Å². The van der Waals surface area contributed by atoms with Crippen molar-refractivity contribution in [2.75, 3.05) is 25.4 Å². The molecule has 5 nitrogen and oxygen atoms in total. The summed E-state index contributed by atoms with van der Waals surface area (Å²) >= 11 is 0. The monoisotopic (exact) mass is 427 g/mol. The third-order valence-electron chi connectivity index (χ3n) is 5.88. The van der Waals surface area contributed by atoms with Crippen LogP contribution in [-0.4, -0.2) is 30.5 Å². The first-order valence-corrected chi connectivity index (χ1v) is 10.9. The summed E-state index contributed by atoms with van der Waals surface area (Å²) in [5, 5.41) is 0. The number of carbonyl (C=O) groups is 1. The first-order chi connectivity index (χ1) is 15.5. The molecular weight excluding hydrogens is 398 g/mol. The van der Waals surface area contributed by atoms with Crippen LogP contribution < -0.4 is 16.2 Å². The average Bonchev–Trinajstić information content (AvgIpc) is 2.83. The van der Waals surface area contributed by atoms with Crippen molar-refractivity contribution < 1.29 is 9.53 Å². The molecule has 4 N–H and O–H groups in total. The van der Waals surface area contributed by atoms with E-state index in [9.17, 15) is 4.79 Å². The maximum atomic E-state index is 13.2. The van der Waals surface area contributed by atoms with Crippen LogP contribution >= 0.6 is 0 Å². The van der Waals surface area contributed by atoms with Gasteiger partial charge in [0.15, 0.2) is 0 Å². The van der Waals surface area contributed by atoms with Gasteiger partial charge < -0.3 is 21.1 Å². The van der Waals surface area contributed by atoms with Gasteiger partial charge in [0.2, 0.25) is 0 Å². The fourth-order valence-corrected chi connectivity index (χ4v) is 4.25. The fourth-order valence-electron chi connectivity index (χ4n) is 4.25. The van der Waals surface area contributed by atoms with Gasteiger partial charge in [-0.3, -0.25) is 4.79 Å². The van der Waals surface area contributed by atoms with Crippen LogP contribution in [0.4, 0.5) is 5.69 Å². The Morgan fingerprint density at radius 2 is 1.78 bits per heavy atom. The van der Waals surface area contributed by atoms with E-state index in [0.29, 0.717) is 41.4 Å². The summed E-state index contributed by atoms with van der Waals surface area (Å²) in [4.78, 5) is 15.2. The molecule has 1 heterocycles. The number of piperidine rings is 1. The minimum atomic E-state index is 0.0625. The molecule has 5 heteroatoms. The highest BCUT2D eigenvalue weighted by molar-refractivity contribution is 5.95. The highest BCUT2D eigenvalue weighted by atomic mass is 16.5. The number of nitrogens with zero attached hydrogens (tertiary/aromatic N) is 1. The first-order valence-electron chi connectivity index (χ1n) is 10.9. The van der Waals surface area contributed by atoms with E-state index in [2.05, 4.69) is 18.7 Å². The lowest BCUT2D eigenvalue weighted by molar-refractivity contribution is 0.0633. The van der Waals surface area contributed by atoms with E-state index >= 15 is 0 Å². The molecule has 1 amide bonds. The second-order valence-electron chi connectivity index (χ2n) is 8.26. The van der Waals surface area contributed by atoms with Crippen LogP contribution in [0.1, 0.15) is 28.8 Å². The molecule has 1 saturated heterocycles. The van der Waals surface area contributed by atoms with Gasteiger partial charge in [-0.2, -0.15) is 0 Å². The zero-order chi connectivity index (χ0) is 22.5. The SMILES string of the molecule is C=C(N)c1c(N)cccc1OC[C@H]1CCCN(C(=O)c2cccc(-c3ccccc3)c2)C1. The maximum Gasteiger partial charge on any atom is 0.253 e. The summed E-state index contributed by atoms with van der Waals surface area (Å²) in [6.45, 7) is 5.72. The molecule has 1 atom stereocenters. The van der Waals surface area contributed by atoms with E-state index in [1.807, 2.05) is 59.5 Å². The Morgan fingerprint density at radius 3 is 2.56 bits per heavy atom. The Bertz CT molecular complexity index is 1110. The normalized spacial score (nSPS) is 15.9. The van der Waals surface area contributed by atoms with Gasteiger partial charge in [0.1, 0.15) is 5.75 Å². The summed E-state index contributed by atoms with van der Waals surface area (Å²) in [6, 6.07) is 23.4. The number of ether oxygens (including phenoxy) is 1. The van der Waals surface area contributed by atoms with Crippen molar-refractivity contribution in [2.45, 2.75) is 12.8 Å². The molecule has 0 aliphatic carbocycles. The number of anilines is 1. The Balaban J connectivity index is 1.43. The zero-order valence-corrected chi connectivity index (χ0v) is 18.2. The summed E-state index contributed by atoms with van der Waals surface area (Å²) < 4.78 is 6.07. The Labute approximate surface area is 189 Å². The lowest BCUT2D eigenvalue weighted by atomic mass is 9.97. The molecule has 3 aromatic rings. The van der Waals surface area contributed by atoms with Crippen LogP contribution in [0, 0.1) is 5.92 Å². The van der Waals surface area contributed by atoms with Crippen LogP contribution in [0.25, 0.3) is 16.8 Å². The lowest BCUT2D eigenvalue weighted by Gasteiger charge is -2.33. The van der Waals surface area contributed by atoms with Crippen molar-refractivity contribution in [3.05, 3.63) is 90.5 Å². The number of carbonyl (C=O) groups excluding carboxylic acids is 1. The highest BCUT2D eigenvalue weighted by Crippen LogP contribution is 2.30. The number of benzene rings is 3. The van der Waals surface area contributed by atoms with Crippen molar-refractivity contribution in [1.29, 1.82) is 0 Å². The van der Waals surface area contributed by atoms with Crippen molar-refractivity contribution in [3.63, 3.8) is 0 Å². The quantitative estimate of drug-likeness (QED) is 0.554. The van der Waals surface area contributed by atoms with E-state index in [1.165, 1.54) is 0 Å². The number of nitrogens with two attached hydrogens (primary N) is 2. The van der Waals surface area contributed by atoms with E-state index in [0.717, 1.165) is 30.5 Å². The molecule has 3 aromatic carbocycles.